The predicted molar refractivity (Wildman–Crippen MR) is 71.9 cm³/mol. The van der Waals surface area contributed by atoms with Crippen molar-refractivity contribution in [3.63, 3.8) is 0 Å². The van der Waals surface area contributed by atoms with Crippen molar-refractivity contribution in [3.05, 3.63) is 11.8 Å². The Morgan fingerprint density at radius 1 is 1.37 bits per heavy atom. The predicted octanol–water partition coefficient (Wildman–Crippen LogP) is 0.787. The van der Waals surface area contributed by atoms with Gasteiger partial charge in [0.05, 0.1) is 19.3 Å². The lowest BCUT2D eigenvalue weighted by molar-refractivity contribution is 0.00764. The van der Waals surface area contributed by atoms with Crippen molar-refractivity contribution in [2.75, 3.05) is 33.3 Å². The Morgan fingerprint density at radius 3 is 2.74 bits per heavy atom. The maximum Gasteiger partial charge on any atom is 0.230 e. The average molecular weight is 268 g/mol. The molecule has 0 bridgehead atoms. The van der Waals surface area contributed by atoms with E-state index in [0.717, 1.165) is 26.2 Å². The number of rotatable bonds is 4. The van der Waals surface area contributed by atoms with E-state index in [0.29, 0.717) is 18.3 Å². The van der Waals surface area contributed by atoms with E-state index < -0.39 is 0 Å². The standard InChI is InChI=1S/C13H24N4O2/c1-13(2,3)12-16-15-11(19-12)9-17(4)8-10-7-14-5-6-18-10/h10,14H,5-9H2,1-4H3. The van der Waals surface area contributed by atoms with E-state index in [1.807, 2.05) is 7.05 Å². The molecule has 6 heteroatoms. The minimum absolute atomic E-state index is 0.0970. The van der Waals surface area contributed by atoms with Crippen LogP contribution in [0.15, 0.2) is 4.42 Å². The lowest BCUT2D eigenvalue weighted by atomic mass is 9.97. The van der Waals surface area contributed by atoms with Gasteiger partial charge >= 0.3 is 0 Å². The Labute approximate surface area is 114 Å². The molecule has 1 saturated heterocycles. The largest absolute Gasteiger partial charge is 0.423 e. The van der Waals surface area contributed by atoms with Crippen LogP contribution in [0, 0.1) is 0 Å². The Kier molecular flexibility index (Phi) is 4.54. The molecule has 1 aromatic rings. The highest BCUT2D eigenvalue weighted by molar-refractivity contribution is 4.96. The van der Waals surface area contributed by atoms with Crippen LogP contribution in [0.1, 0.15) is 32.6 Å². The molecule has 1 N–H and O–H groups in total. The number of morpholine rings is 1. The molecule has 0 spiro atoms. The van der Waals surface area contributed by atoms with Crippen molar-refractivity contribution in [1.82, 2.24) is 20.4 Å². The normalized spacial score (nSPS) is 21.0. The van der Waals surface area contributed by atoms with Crippen LogP contribution in [0.3, 0.4) is 0 Å². The molecule has 1 aromatic heterocycles. The number of likely N-dealkylation sites (N-methyl/N-ethyl adjacent to an activating group) is 1. The number of nitrogens with one attached hydrogen (secondary N) is 1. The van der Waals surface area contributed by atoms with Crippen LogP contribution in [-0.4, -0.2) is 54.5 Å². The Hall–Kier alpha value is -0.980. The number of nitrogens with zero attached hydrogens (tertiary/aromatic N) is 3. The van der Waals surface area contributed by atoms with Crippen LogP contribution in [0.25, 0.3) is 0 Å². The van der Waals surface area contributed by atoms with Crippen molar-refractivity contribution < 1.29 is 9.15 Å². The molecular formula is C13H24N4O2. The molecule has 1 aliphatic rings. The van der Waals surface area contributed by atoms with E-state index in [2.05, 4.69) is 41.2 Å². The molecule has 6 nitrogen and oxygen atoms in total. The lowest BCUT2D eigenvalue weighted by Gasteiger charge is -2.27. The van der Waals surface area contributed by atoms with E-state index in [9.17, 15) is 0 Å². The summed E-state index contributed by atoms with van der Waals surface area (Å²) in [5, 5.41) is 11.5. The molecule has 0 aromatic carbocycles. The smallest absolute Gasteiger partial charge is 0.230 e. The van der Waals surface area contributed by atoms with E-state index in [1.165, 1.54) is 0 Å². The van der Waals surface area contributed by atoms with E-state index in [-0.39, 0.29) is 11.5 Å². The van der Waals surface area contributed by atoms with Gasteiger partial charge in [0.15, 0.2) is 0 Å². The van der Waals surface area contributed by atoms with Gasteiger partial charge in [0, 0.05) is 25.0 Å². The topological polar surface area (TPSA) is 63.4 Å². The molecule has 1 atom stereocenters. The number of hydrogen-bond donors (Lipinski definition) is 1. The molecule has 2 rings (SSSR count). The van der Waals surface area contributed by atoms with E-state index in [4.69, 9.17) is 9.15 Å². The maximum absolute atomic E-state index is 5.69. The Balaban J connectivity index is 1.84. The Bertz CT molecular complexity index is 394. The Morgan fingerprint density at radius 2 is 2.16 bits per heavy atom. The first-order chi connectivity index (χ1) is 8.95. The second-order valence-corrected chi connectivity index (χ2v) is 6.14. The molecule has 0 saturated carbocycles. The molecule has 1 aliphatic heterocycles. The summed E-state index contributed by atoms with van der Waals surface area (Å²) in [5.41, 5.74) is -0.0970. The first-order valence-electron chi connectivity index (χ1n) is 6.79. The SMILES string of the molecule is CN(Cc1nnc(C(C)(C)C)o1)CC1CNCCO1. The first kappa shape index (κ1) is 14.4. The first-order valence-corrected chi connectivity index (χ1v) is 6.79. The van der Waals surface area contributed by atoms with Crippen molar-refractivity contribution in [2.45, 2.75) is 38.8 Å². The fourth-order valence-electron chi connectivity index (χ4n) is 2.00. The number of aromatic nitrogens is 2. The summed E-state index contributed by atoms with van der Waals surface area (Å²) in [7, 11) is 2.04. The average Bonchev–Trinajstić information content (AvgIpc) is 2.78. The molecule has 0 aliphatic carbocycles. The van der Waals surface area contributed by atoms with Gasteiger partial charge in [0.2, 0.25) is 11.8 Å². The fraction of sp³-hybridized carbons (Fsp3) is 0.846. The van der Waals surface area contributed by atoms with Gasteiger partial charge < -0.3 is 14.5 Å². The third-order valence-corrected chi connectivity index (χ3v) is 3.03. The van der Waals surface area contributed by atoms with Crippen molar-refractivity contribution >= 4 is 0 Å². The van der Waals surface area contributed by atoms with Gasteiger partial charge in [-0.3, -0.25) is 4.90 Å². The lowest BCUT2D eigenvalue weighted by Crippen LogP contribution is -2.44. The molecule has 0 amide bonds. The molecule has 108 valence electrons. The van der Waals surface area contributed by atoms with Crippen LogP contribution in [0.4, 0.5) is 0 Å². The van der Waals surface area contributed by atoms with Crippen molar-refractivity contribution in [2.24, 2.45) is 0 Å². The minimum atomic E-state index is -0.0970. The van der Waals surface area contributed by atoms with E-state index >= 15 is 0 Å². The third kappa shape index (κ3) is 4.26. The summed E-state index contributed by atoms with van der Waals surface area (Å²) in [6, 6.07) is 0. The summed E-state index contributed by atoms with van der Waals surface area (Å²) in [5.74, 6) is 1.35. The molecule has 1 unspecified atom stereocenters. The van der Waals surface area contributed by atoms with E-state index in [1.54, 1.807) is 0 Å². The van der Waals surface area contributed by atoms with Crippen LogP contribution < -0.4 is 5.32 Å². The molecular weight excluding hydrogens is 244 g/mol. The monoisotopic (exact) mass is 268 g/mol. The second kappa shape index (κ2) is 5.98. The van der Waals surface area contributed by atoms with Crippen LogP contribution in [0.2, 0.25) is 0 Å². The quantitative estimate of drug-likeness (QED) is 0.871. The zero-order chi connectivity index (χ0) is 13.9. The summed E-state index contributed by atoms with van der Waals surface area (Å²) in [4.78, 5) is 2.15. The van der Waals surface area contributed by atoms with Gasteiger partial charge in [0.25, 0.3) is 0 Å². The van der Waals surface area contributed by atoms with Gasteiger partial charge in [0.1, 0.15) is 0 Å². The zero-order valence-corrected chi connectivity index (χ0v) is 12.3. The number of hydrogen-bond acceptors (Lipinski definition) is 6. The summed E-state index contributed by atoms with van der Waals surface area (Å²) in [6.07, 6.45) is 0.240. The molecule has 0 radical (unpaired) electrons. The van der Waals surface area contributed by atoms with Gasteiger partial charge in [-0.25, -0.2) is 0 Å². The molecule has 19 heavy (non-hydrogen) atoms. The van der Waals surface area contributed by atoms with Crippen LogP contribution in [-0.2, 0) is 16.7 Å². The van der Waals surface area contributed by atoms with Crippen LogP contribution >= 0.6 is 0 Å². The van der Waals surface area contributed by atoms with Crippen LogP contribution in [0.5, 0.6) is 0 Å². The third-order valence-electron chi connectivity index (χ3n) is 3.03. The van der Waals surface area contributed by atoms with Gasteiger partial charge in [-0.2, -0.15) is 0 Å². The summed E-state index contributed by atoms with van der Waals surface area (Å²) in [6.45, 7) is 10.3. The minimum Gasteiger partial charge on any atom is -0.423 e. The zero-order valence-electron chi connectivity index (χ0n) is 12.3. The highest BCUT2D eigenvalue weighted by atomic mass is 16.5. The molecule has 1 fully saturated rings. The van der Waals surface area contributed by atoms with Crippen molar-refractivity contribution in [3.8, 4) is 0 Å². The summed E-state index contributed by atoms with van der Waals surface area (Å²) < 4.78 is 11.4. The summed E-state index contributed by atoms with van der Waals surface area (Å²) >= 11 is 0. The number of ether oxygens (including phenoxy) is 1. The highest BCUT2D eigenvalue weighted by Crippen LogP contribution is 2.20. The fourth-order valence-corrected chi connectivity index (χ4v) is 2.00. The van der Waals surface area contributed by atoms with Gasteiger partial charge in [-0.1, -0.05) is 20.8 Å². The van der Waals surface area contributed by atoms with Gasteiger partial charge in [-0.15, -0.1) is 10.2 Å². The van der Waals surface area contributed by atoms with Gasteiger partial charge in [-0.05, 0) is 7.05 Å². The molecule has 2 heterocycles. The second-order valence-electron chi connectivity index (χ2n) is 6.14. The highest BCUT2D eigenvalue weighted by Gasteiger charge is 2.22. The maximum atomic E-state index is 5.69. The van der Waals surface area contributed by atoms with Crippen molar-refractivity contribution in [1.29, 1.82) is 0 Å².